The summed E-state index contributed by atoms with van der Waals surface area (Å²) in [6.45, 7) is 2.97. The third-order valence-corrected chi connectivity index (χ3v) is 9.36. The quantitative estimate of drug-likeness (QED) is 0.494. The van der Waals surface area contributed by atoms with E-state index in [0.717, 1.165) is 72.5 Å². The van der Waals surface area contributed by atoms with Crippen LogP contribution >= 0.6 is 22.9 Å². The fourth-order valence-corrected chi connectivity index (χ4v) is 7.34. The number of aryl methyl sites for hydroxylation is 1. The van der Waals surface area contributed by atoms with Gasteiger partial charge in [0, 0.05) is 27.6 Å². The minimum atomic E-state index is -0.434. The maximum atomic E-state index is 10.6. The Kier molecular flexibility index (Phi) is 4.82. The van der Waals surface area contributed by atoms with Crippen LogP contribution in [0.1, 0.15) is 65.3 Å². The number of aliphatic imine (C=N–C) groups is 1. The number of rotatable bonds is 6. The van der Waals surface area contributed by atoms with Crippen LogP contribution in [0.25, 0.3) is 5.00 Å². The molecule has 8 heteroatoms. The predicted octanol–water partition coefficient (Wildman–Crippen LogP) is 4.55. The normalized spacial score (nSPS) is 22.7. The Morgan fingerprint density at radius 2 is 2.03 bits per heavy atom. The van der Waals surface area contributed by atoms with Crippen molar-refractivity contribution in [1.29, 1.82) is 0 Å². The maximum absolute atomic E-state index is 10.6. The van der Waals surface area contributed by atoms with Crippen molar-refractivity contribution in [3.05, 3.63) is 62.5 Å². The molecule has 176 valence electrons. The summed E-state index contributed by atoms with van der Waals surface area (Å²) in [7, 11) is 0. The average molecular weight is 494 g/mol. The van der Waals surface area contributed by atoms with Crippen molar-refractivity contribution in [3.63, 3.8) is 0 Å². The number of nitrogens with one attached hydrogen (secondary N) is 1. The molecule has 1 spiro atoms. The van der Waals surface area contributed by atoms with E-state index in [1.807, 2.05) is 36.5 Å². The van der Waals surface area contributed by atoms with Gasteiger partial charge in [0.1, 0.15) is 22.6 Å². The van der Waals surface area contributed by atoms with Crippen molar-refractivity contribution in [2.75, 3.05) is 6.54 Å². The SMILES string of the molecule is Cc1nnc2n1-c1sc3c(c1C(c1ccccc1Cl)=NC21CC1)C[C@H](CC(O)NCC1CC1)C3. The molecule has 3 aromatic rings. The summed E-state index contributed by atoms with van der Waals surface area (Å²) in [5, 5.41) is 24.9. The number of hydrogen-bond donors (Lipinski definition) is 2. The Bertz CT molecular complexity index is 1320. The van der Waals surface area contributed by atoms with E-state index in [9.17, 15) is 5.11 Å². The largest absolute Gasteiger partial charge is 0.379 e. The van der Waals surface area contributed by atoms with E-state index >= 15 is 0 Å². The summed E-state index contributed by atoms with van der Waals surface area (Å²) < 4.78 is 2.25. The molecule has 0 saturated heterocycles. The molecular weight excluding hydrogens is 466 g/mol. The highest BCUT2D eigenvalue weighted by molar-refractivity contribution is 7.15. The number of aliphatic hydroxyl groups excluding tert-OH is 1. The monoisotopic (exact) mass is 493 g/mol. The zero-order valence-electron chi connectivity index (χ0n) is 19.2. The molecule has 34 heavy (non-hydrogen) atoms. The van der Waals surface area contributed by atoms with Crippen molar-refractivity contribution in [3.8, 4) is 5.00 Å². The Morgan fingerprint density at radius 3 is 2.79 bits per heavy atom. The smallest absolute Gasteiger partial charge is 0.166 e. The molecule has 2 fully saturated rings. The minimum Gasteiger partial charge on any atom is -0.379 e. The van der Waals surface area contributed by atoms with Gasteiger partial charge in [-0.1, -0.05) is 29.8 Å². The molecule has 3 aliphatic carbocycles. The summed E-state index contributed by atoms with van der Waals surface area (Å²) in [4.78, 5) is 6.79. The van der Waals surface area contributed by atoms with Crippen molar-refractivity contribution < 1.29 is 5.11 Å². The number of aliphatic hydroxyl groups is 1. The molecule has 1 unspecified atom stereocenters. The standard InChI is InChI=1S/C26H28ClN5OS/c1-14-30-31-25-26(8-9-26)29-23(17-4-2-3-5-19(17)27)22-18-10-16(11-20(18)34-24(22)32(14)25)12-21(33)28-13-15-6-7-15/h2-5,15-16,21,28,33H,6-13H2,1H3/t16-,21?/m0/s1. The van der Waals surface area contributed by atoms with Crippen LogP contribution in [0.15, 0.2) is 29.3 Å². The highest BCUT2D eigenvalue weighted by atomic mass is 35.5. The van der Waals surface area contributed by atoms with Crippen LogP contribution in [0.3, 0.4) is 0 Å². The lowest BCUT2D eigenvalue weighted by molar-refractivity contribution is 0.108. The van der Waals surface area contributed by atoms with Crippen LogP contribution in [0.4, 0.5) is 0 Å². The molecule has 1 aliphatic heterocycles. The average Bonchev–Trinajstić information content (AvgIpc) is 3.70. The second-order valence-electron chi connectivity index (χ2n) is 10.4. The van der Waals surface area contributed by atoms with Gasteiger partial charge in [0.05, 0.1) is 5.71 Å². The fourth-order valence-electron chi connectivity index (χ4n) is 5.62. The summed E-state index contributed by atoms with van der Waals surface area (Å²) in [6.07, 6.45) is 6.85. The van der Waals surface area contributed by atoms with E-state index < -0.39 is 6.23 Å². The summed E-state index contributed by atoms with van der Waals surface area (Å²) in [5.74, 6) is 3.07. The van der Waals surface area contributed by atoms with Crippen LogP contribution in [0, 0.1) is 18.8 Å². The van der Waals surface area contributed by atoms with Gasteiger partial charge in [0.15, 0.2) is 5.82 Å². The van der Waals surface area contributed by atoms with Gasteiger partial charge < -0.3 is 5.11 Å². The number of fused-ring (bicyclic) bond motifs is 6. The van der Waals surface area contributed by atoms with Crippen molar-refractivity contribution >= 4 is 28.6 Å². The van der Waals surface area contributed by atoms with E-state index in [4.69, 9.17) is 16.6 Å². The Balaban J connectivity index is 1.30. The number of thiophene rings is 1. The first-order valence-corrected chi connectivity index (χ1v) is 13.6. The van der Waals surface area contributed by atoms with Gasteiger partial charge in [-0.05, 0) is 75.3 Å². The first-order chi connectivity index (χ1) is 16.5. The fraction of sp³-hybridized carbons (Fsp3) is 0.500. The molecule has 4 aliphatic rings. The molecule has 0 bridgehead atoms. The van der Waals surface area contributed by atoms with Gasteiger partial charge in [-0.3, -0.25) is 14.9 Å². The van der Waals surface area contributed by atoms with Gasteiger partial charge in [0.25, 0.3) is 0 Å². The topological polar surface area (TPSA) is 75.3 Å². The Hall–Kier alpha value is -2.06. The van der Waals surface area contributed by atoms with Crippen LogP contribution in [0.5, 0.6) is 0 Å². The maximum Gasteiger partial charge on any atom is 0.166 e. The lowest BCUT2D eigenvalue weighted by Gasteiger charge is -2.18. The molecule has 2 saturated carbocycles. The lowest BCUT2D eigenvalue weighted by atomic mass is 9.96. The van der Waals surface area contributed by atoms with E-state index in [0.29, 0.717) is 5.92 Å². The molecule has 1 aromatic carbocycles. The van der Waals surface area contributed by atoms with Crippen molar-refractivity contribution in [2.45, 2.75) is 63.6 Å². The molecule has 3 heterocycles. The van der Waals surface area contributed by atoms with Gasteiger partial charge >= 0.3 is 0 Å². The van der Waals surface area contributed by atoms with Crippen molar-refractivity contribution in [2.24, 2.45) is 16.8 Å². The van der Waals surface area contributed by atoms with E-state index in [1.54, 1.807) is 0 Å². The zero-order chi connectivity index (χ0) is 23.0. The van der Waals surface area contributed by atoms with E-state index in [-0.39, 0.29) is 5.54 Å². The van der Waals surface area contributed by atoms with Crippen LogP contribution in [-0.4, -0.2) is 38.4 Å². The van der Waals surface area contributed by atoms with Crippen LogP contribution < -0.4 is 5.32 Å². The van der Waals surface area contributed by atoms with Crippen molar-refractivity contribution in [1.82, 2.24) is 20.1 Å². The first kappa shape index (κ1) is 21.2. The second kappa shape index (κ2) is 7.72. The van der Waals surface area contributed by atoms with Gasteiger partial charge in [-0.25, -0.2) is 0 Å². The third kappa shape index (κ3) is 3.40. The van der Waals surface area contributed by atoms with E-state index in [1.165, 1.54) is 33.8 Å². The molecule has 2 atom stereocenters. The number of aromatic nitrogens is 3. The minimum absolute atomic E-state index is 0.303. The number of nitrogens with zero attached hydrogens (tertiary/aromatic N) is 4. The summed E-state index contributed by atoms with van der Waals surface area (Å²) >= 11 is 8.58. The highest BCUT2D eigenvalue weighted by Gasteiger charge is 2.52. The number of hydrogen-bond acceptors (Lipinski definition) is 6. The highest BCUT2D eigenvalue weighted by Crippen LogP contribution is 2.54. The summed E-state index contributed by atoms with van der Waals surface area (Å²) in [6, 6.07) is 8.05. The Morgan fingerprint density at radius 1 is 1.21 bits per heavy atom. The molecule has 2 aromatic heterocycles. The van der Waals surface area contributed by atoms with Crippen LogP contribution in [-0.2, 0) is 18.4 Å². The molecule has 0 radical (unpaired) electrons. The van der Waals surface area contributed by atoms with Gasteiger partial charge in [0.2, 0.25) is 0 Å². The molecule has 7 rings (SSSR count). The molecular formula is C26H28ClN5OS. The second-order valence-corrected chi connectivity index (χ2v) is 11.9. The Labute approximate surface area is 208 Å². The van der Waals surface area contributed by atoms with Crippen LogP contribution in [0.2, 0.25) is 5.02 Å². The number of halogens is 1. The predicted molar refractivity (Wildman–Crippen MR) is 134 cm³/mol. The van der Waals surface area contributed by atoms with Gasteiger partial charge in [-0.2, -0.15) is 0 Å². The molecule has 0 amide bonds. The molecule has 2 N–H and O–H groups in total. The first-order valence-electron chi connectivity index (χ1n) is 12.4. The lowest BCUT2D eigenvalue weighted by Crippen LogP contribution is -2.32. The van der Waals surface area contributed by atoms with Gasteiger partial charge in [-0.15, -0.1) is 21.5 Å². The number of benzene rings is 1. The zero-order valence-corrected chi connectivity index (χ0v) is 20.8. The third-order valence-electron chi connectivity index (χ3n) is 7.79. The summed E-state index contributed by atoms with van der Waals surface area (Å²) in [5.41, 5.74) is 4.25. The molecule has 6 nitrogen and oxygen atoms in total. The van der Waals surface area contributed by atoms with E-state index in [2.05, 4.69) is 26.1 Å².